The average Bonchev–Trinajstić information content (AvgIpc) is 1.37. The zero-order chi connectivity index (χ0) is 3.41. The van der Waals surface area contributed by atoms with Crippen LogP contribution in [0.2, 0.25) is 0 Å². The molecule has 22 valence electrons. The molecule has 0 aliphatic heterocycles. The summed E-state index contributed by atoms with van der Waals surface area (Å²) in [5.74, 6) is 2.35. The third-order valence-electron chi connectivity index (χ3n) is 0.0772. The van der Waals surface area contributed by atoms with Crippen molar-refractivity contribution in [3.8, 4) is 12.3 Å². The molecule has 0 aliphatic carbocycles. The molecule has 0 saturated heterocycles. The second-order valence-electron chi connectivity index (χ2n) is 0.338. The van der Waals surface area contributed by atoms with Gasteiger partial charge in [0, 0.05) is 0 Å². The standard InChI is InChI=1S/C3H3Br.Mg/c1-2-3-4;/h1H,3H2;/q;+2. The van der Waals surface area contributed by atoms with Crippen molar-refractivity contribution in [2.75, 3.05) is 5.33 Å². The molecule has 0 unspecified atom stereocenters. The van der Waals surface area contributed by atoms with Gasteiger partial charge in [0.15, 0.2) is 0 Å². The van der Waals surface area contributed by atoms with Gasteiger partial charge in [-0.1, -0.05) is 21.9 Å². The van der Waals surface area contributed by atoms with E-state index < -0.39 is 0 Å². The zero-order valence-corrected chi connectivity index (χ0v) is 5.87. The minimum Gasteiger partial charge on any atom is -0.119 e. The molecule has 0 aromatic heterocycles. The van der Waals surface area contributed by atoms with Crippen molar-refractivity contribution in [1.29, 1.82) is 0 Å². The molecule has 0 amide bonds. The first kappa shape index (κ1) is 9.26. The average molecular weight is 143 g/mol. The van der Waals surface area contributed by atoms with Gasteiger partial charge < -0.3 is 0 Å². The molecule has 0 atom stereocenters. The summed E-state index contributed by atoms with van der Waals surface area (Å²) in [6.07, 6.45) is 4.73. The Bertz CT molecular complexity index is 36.6. The molecule has 0 aliphatic rings. The predicted molar refractivity (Wildman–Crippen MR) is 28.4 cm³/mol. The van der Waals surface area contributed by atoms with Crippen LogP contribution in [0.1, 0.15) is 0 Å². The Balaban J connectivity index is 0. The second-order valence-corrected chi connectivity index (χ2v) is 0.898. The van der Waals surface area contributed by atoms with Crippen LogP contribution in [0.25, 0.3) is 0 Å². The summed E-state index contributed by atoms with van der Waals surface area (Å²) in [7, 11) is 0. The zero-order valence-electron chi connectivity index (χ0n) is 2.87. The van der Waals surface area contributed by atoms with Gasteiger partial charge in [-0.2, -0.15) is 0 Å². The van der Waals surface area contributed by atoms with Crippen LogP contribution in [-0.4, -0.2) is 28.4 Å². The topological polar surface area (TPSA) is 0 Å². The largest absolute Gasteiger partial charge is 2.00 e. The van der Waals surface area contributed by atoms with Crippen LogP contribution in [0.5, 0.6) is 0 Å². The smallest absolute Gasteiger partial charge is 0.119 e. The summed E-state index contributed by atoms with van der Waals surface area (Å²) < 4.78 is 0. The van der Waals surface area contributed by atoms with E-state index in [4.69, 9.17) is 6.42 Å². The van der Waals surface area contributed by atoms with Gasteiger partial charge in [-0.05, 0) is 0 Å². The molecule has 0 radical (unpaired) electrons. The molecular formula is C3H3BrMg+2. The van der Waals surface area contributed by atoms with E-state index in [1.807, 2.05) is 0 Å². The molecule has 0 nitrogen and oxygen atoms in total. The molecule has 0 spiro atoms. The number of halogens is 1. The van der Waals surface area contributed by atoms with Crippen molar-refractivity contribution in [3.63, 3.8) is 0 Å². The van der Waals surface area contributed by atoms with E-state index >= 15 is 0 Å². The maximum Gasteiger partial charge on any atom is 2.00 e. The molecule has 0 aromatic carbocycles. The fraction of sp³-hybridized carbons (Fsp3) is 0.333. The van der Waals surface area contributed by atoms with Gasteiger partial charge in [-0.25, -0.2) is 0 Å². The maximum absolute atomic E-state index is 4.73. The maximum atomic E-state index is 4.73. The van der Waals surface area contributed by atoms with Crippen molar-refractivity contribution in [2.45, 2.75) is 0 Å². The van der Waals surface area contributed by atoms with Gasteiger partial charge in [0.25, 0.3) is 0 Å². The first-order chi connectivity index (χ1) is 1.91. The van der Waals surface area contributed by atoms with Crippen molar-refractivity contribution in [3.05, 3.63) is 0 Å². The first-order valence-corrected chi connectivity index (χ1v) is 2.03. The number of terminal acetylenes is 1. The summed E-state index contributed by atoms with van der Waals surface area (Å²) >= 11 is 3.01. The van der Waals surface area contributed by atoms with Crippen LogP contribution in [0, 0.1) is 12.3 Å². The van der Waals surface area contributed by atoms with E-state index in [-0.39, 0.29) is 23.1 Å². The predicted octanol–water partition coefficient (Wildman–Crippen LogP) is 0.634. The third-order valence-corrected chi connectivity index (χ3v) is 0.401. The van der Waals surface area contributed by atoms with E-state index in [0.717, 1.165) is 0 Å². The Kier molecular flexibility index (Phi) is 16.4. The van der Waals surface area contributed by atoms with Gasteiger partial charge in [0.1, 0.15) is 0 Å². The first-order valence-electron chi connectivity index (χ1n) is 0.909. The van der Waals surface area contributed by atoms with Crippen LogP contribution >= 0.6 is 15.9 Å². The van der Waals surface area contributed by atoms with Crippen molar-refractivity contribution in [2.24, 2.45) is 0 Å². The Morgan fingerprint density at radius 1 is 1.80 bits per heavy atom. The Morgan fingerprint density at radius 2 is 2.00 bits per heavy atom. The van der Waals surface area contributed by atoms with E-state index in [1.54, 1.807) is 0 Å². The minimum absolute atomic E-state index is 0. The van der Waals surface area contributed by atoms with Gasteiger partial charge >= 0.3 is 23.1 Å². The normalized spacial score (nSPS) is 4.00. The number of rotatable bonds is 0. The molecule has 5 heavy (non-hydrogen) atoms. The van der Waals surface area contributed by atoms with E-state index in [9.17, 15) is 0 Å². The Morgan fingerprint density at radius 3 is 2.00 bits per heavy atom. The molecule has 0 aromatic rings. The molecule has 0 bridgehead atoms. The third kappa shape index (κ3) is 11.6. The molecule has 0 saturated carbocycles. The van der Waals surface area contributed by atoms with Crippen molar-refractivity contribution in [1.82, 2.24) is 0 Å². The Labute approximate surface area is 56.6 Å². The molecular weight excluding hydrogens is 140 g/mol. The summed E-state index contributed by atoms with van der Waals surface area (Å²) in [5, 5.41) is 0.660. The van der Waals surface area contributed by atoms with Crippen molar-refractivity contribution < 1.29 is 0 Å². The minimum atomic E-state index is 0. The van der Waals surface area contributed by atoms with Crippen LogP contribution in [0.15, 0.2) is 0 Å². The van der Waals surface area contributed by atoms with Gasteiger partial charge in [-0.3, -0.25) is 0 Å². The van der Waals surface area contributed by atoms with Crippen LogP contribution in [-0.2, 0) is 0 Å². The molecule has 2 heteroatoms. The Hall–Kier alpha value is 0.806. The number of hydrogen-bond donors (Lipinski definition) is 0. The monoisotopic (exact) mass is 142 g/mol. The van der Waals surface area contributed by atoms with Gasteiger partial charge in [-0.15, -0.1) is 6.42 Å². The summed E-state index contributed by atoms with van der Waals surface area (Å²) in [5.41, 5.74) is 0. The summed E-state index contributed by atoms with van der Waals surface area (Å²) in [4.78, 5) is 0. The number of alkyl halides is 1. The molecule has 0 N–H and O–H groups in total. The summed E-state index contributed by atoms with van der Waals surface area (Å²) in [6, 6.07) is 0. The van der Waals surface area contributed by atoms with Crippen molar-refractivity contribution >= 4 is 39.0 Å². The SMILES string of the molecule is C#CCBr.[Mg+2]. The van der Waals surface area contributed by atoms with Crippen LogP contribution in [0.3, 0.4) is 0 Å². The molecule has 0 rings (SSSR count). The number of hydrogen-bond acceptors (Lipinski definition) is 0. The fourth-order valence-corrected chi connectivity index (χ4v) is 0. The van der Waals surface area contributed by atoms with Crippen LogP contribution in [0.4, 0.5) is 0 Å². The van der Waals surface area contributed by atoms with E-state index in [2.05, 4.69) is 21.9 Å². The van der Waals surface area contributed by atoms with E-state index in [0.29, 0.717) is 5.33 Å². The fourth-order valence-electron chi connectivity index (χ4n) is 0. The molecule has 0 heterocycles. The second kappa shape index (κ2) is 8.84. The summed E-state index contributed by atoms with van der Waals surface area (Å²) in [6.45, 7) is 0. The molecule has 0 fully saturated rings. The van der Waals surface area contributed by atoms with Gasteiger partial charge in [0.05, 0.1) is 5.33 Å². The van der Waals surface area contributed by atoms with Crippen LogP contribution < -0.4 is 0 Å². The quantitative estimate of drug-likeness (QED) is 0.265. The van der Waals surface area contributed by atoms with Gasteiger partial charge in [0.2, 0.25) is 0 Å². The van der Waals surface area contributed by atoms with E-state index in [1.165, 1.54) is 0 Å².